The van der Waals surface area contributed by atoms with Gasteiger partial charge in [0, 0.05) is 0 Å². The van der Waals surface area contributed by atoms with Crippen molar-refractivity contribution in [3.05, 3.63) is 0 Å². The van der Waals surface area contributed by atoms with Crippen molar-refractivity contribution in [3.8, 4) is 0 Å². The fourth-order valence-corrected chi connectivity index (χ4v) is 1.23. The predicted molar refractivity (Wildman–Crippen MR) is 42.3 cm³/mol. The molecule has 3 nitrogen and oxygen atoms in total. The van der Waals surface area contributed by atoms with Crippen molar-refractivity contribution in [2.24, 2.45) is 5.41 Å². The molecule has 1 unspecified atom stereocenters. The van der Waals surface area contributed by atoms with Crippen molar-refractivity contribution < 1.29 is 9.53 Å². The van der Waals surface area contributed by atoms with Crippen molar-refractivity contribution in [1.82, 2.24) is 5.32 Å². The van der Waals surface area contributed by atoms with E-state index in [1.807, 2.05) is 0 Å². The summed E-state index contributed by atoms with van der Waals surface area (Å²) in [6.07, 6.45) is 0.716. The van der Waals surface area contributed by atoms with E-state index in [4.69, 9.17) is 4.74 Å². The molecule has 1 aliphatic heterocycles. The van der Waals surface area contributed by atoms with Crippen LogP contribution in [0.4, 0.5) is 4.79 Å². The van der Waals surface area contributed by atoms with E-state index in [-0.39, 0.29) is 17.6 Å². The van der Waals surface area contributed by atoms with Crippen LogP contribution in [0.15, 0.2) is 0 Å². The average molecular weight is 157 g/mol. The second kappa shape index (κ2) is 2.72. The molecular formula is C8H15NO2. The fraction of sp³-hybridized carbons (Fsp3) is 0.875. The molecule has 0 aromatic heterocycles. The van der Waals surface area contributed by atoms with E-state index >= 15 is 0 Å². The highest BCUT2D eigenvalue weighted by Crippen LogP contribution is 2.23. The van der Waals surface area contributed by atoms with Crippen LogP contribution in [0.5, 0.6) is 0 Å². The Labute approximate surface area is 67.1 Å². The van der Waals surface area contributed by atoms with Gasteiger partial charge in [-0.1, -0.05) is 20.8 Å². The number of carbonyl (C=O) groups excluding carboxylic acids is 1. The van der Waals surface area contributed by atoms with Gasteiger partial charge in [-0.25, -0.2) is 4.79 Å². The van der Waals surface area contributed by atoms with Crippen LogP contribution in [0.3, 0.4) is 0 Å². The number of rotatable bonds is 1. The zero-order valence-electron chi connectivity index (χ0n) is 7.31. The lowest BCUT2D eigenvalue weighted by Gasteiger charge is -2.20. The van der Waals surface area contributed by atoms with Crippen LogP contribution in [-0.2, 0) is 4.74 Å². The van der Waals surface area contributed by atoms with Crippen LogP contribution in [0.1, 0.15) is 27.2 Å². The third-order valence-corrected chi connectivity index (χ3v) is 1.59. The fourth-order valence-electron chi connectivity index (χ4n) is 1.23. The first-order chi connectivity index (χ1) is 4.97. The Kier molecular flexibility index (Phi) is 2.07. The highest BCUT2D eigenvalue weighted by molar-refractivity contribution is 5.69. The molecule has 0 aliphatic carbocycles. The molecule has 0 spiro atoms. The Morgan fingerprint density at radius 1 is 1.64 bits per heavy atom. The maximum Gasteiger partial charge on any atom is 0.407 e. The van der Waals surface area contributed by atoms with Gasteiger partial charge in [0.25, 0.3) is 0 Å². The molecule has 0 saturated carbocycles. The number of hydrogen-bond donors (Lipinski definition) is 1. The van der Waals surface area contributed by atoms with Crippen LogP contribution in [0, 0.1) is 5.41 Å². The highest BCUT2D eigenvalue weighted by atomic mass is 16.6. The number of alkyl carbamates (subject to hydrolysis) is 1. The Bertz CT molecular complexity index is 160. The highest BCUT2D eigenvalue weighted by Gasteiger charge is 2.26. The second-order valence-electron chi connectivity index (χ2n) is 4.17. The summed E-state index contributed by atoms with van der Waals surface area (Å²) >= 11 is 0. The largest absolute Gasteiger partial charge is 0.444 e. The molecular weight excluding hydrogens is 142 g/mol. The normalized spacial score (nSPS) is 24.6. The second-order valence-corrected chi connectivity index (χ2v) is 4.17. The molecule has 1 rings (SSSR count). The lowest BCUT2D eigenvalue weighted by atomic mass is 9.89. The number of carbonyl (C=O) groups is 1. The first-order valence-electron chi connectivity index (χ1n) is 3.92. The van der Waals surface area contributed by atoms with Crippen molar-refractivity contribution in [3.63, 3.8) is 0 Å². The monoisotopic (exact) mass is 157 g/mol. The molecule has 1 amide bonds. The lowest BCUT2D eigenvalue weighted by Crippen LogP contribution is -2.21. The molecule has 1 N–H and O–H groups in total. The minimum absolute atomic E-state index is 0.0718. The smallest absolute Gasteiger partial charge is 0.407 e. The third kappa shape index (κ3) is 2.78. The van der Waals surface area contributed by atoms with E-state index in [2.05, 4.69) is 26.1 Å². The SMILES string of the molecule is CC(C)(C)CC1CNC(=O)O1. The predicted octanol–water partition coefficient (Wildman–Crippen LogP) is 1.53. The van der Waals surface area contributed by atoms with Crippen molar-refractivity contribution >= 4 is 6.09 Å². The van der Waals surface area contributed by atoms with E-state index in [0.717, 1.165) is 6.42 Å². The number of amides is 1. The van der Waals surface area contributed by atoms with Gasteiger partial charge in [-0.15, -0.1) is 0 Å². The van der Waals surface area contributed by atoms with Crippen LogP contribution in [0.2, 0.25) is 0 Å². The zero-order chi connectivity index (χ0) is 8.48. The minimum atomic E-state index is -0.278. The quantitative estimate of drug-likeness (QED) is 0.627. The molecule has 64 valence electrons. The third-order valence-electron chi connectivity index (χ3n) is 1.59. The Morgan fingerprint density at radius 3 is 2.64 bits per heavy atom. The van der Waals surface area contributed by atoms with Crippen LogP contribution >= 0.6 is 0 Å². The summed E-state index contributed by atoms with van der Waals surface area (Å²) in [5.74, 6) is 0. The van der Waals surface area contributed by atoms with E-state index in [1.165, 1.54) is 0 Å². The standard InChI is InChI=1S/C8H15NO2/c1-8(2,3)4-6-5-9-7(10)11-6/h6H,4-5H2,1-3H3,(H,9,10). The van der Waals surface area contributed by atoms with Gasteiger partial charge in [-0.05, 0) is 11.8 Å². The molecule has 1 atom stereocenters. The van der Waals surface area contributed by atoms with E-state index in [1.54, 1.807) is 0 Å². The molecule has 1 aliphatic rings. The summed E-state index contributed by atoms with van der Waals surface area (Å²) < 4.78 is 4.99. The van der Waals surface area contributed by atoms with E-state index in [0.29, 0.717) is 6.54 Å². The summed E-state index contributed by atoms with van der Waals surface area (Å²) in [6.45, 7) is 7.08. The summed E-state index contributed by atoms with van der Waals surface area (Å²) in [4.78, 5) is 10.6. The molecule has 0 aromatic carbocycles. The Balaban J connectivity index is 2.34. The topological polar surface area (TPSA) is 38.3 Å². The maximum atomic E-state index is 10.6. The summed E-state index contributed by atoms with van der Waals surface area (Å²) in [7, 11) is 0. The average Bonchev–Trinajstić information content (AvgIpc) is 2.10. The molecule has 11 heavy (non-hydrogen) atoms. The van der Waals surface area contributed by atoms with Gasteiger partial charge in [0.2, 0.25) is 0 Å². The van der Waals surface area contributed by atoms with Crippen molar-refractivity contribution in [2.45, 2.75) is 33.3 Å². The lowest BCUT2D eigenvalue weighted by molar-refractivity contribution is 0.114. The molecule has 0 aromatic rings. The zero-order valence-corrected chi connectivity index (χ0v) is 7.31. The maximum absolute atomic E-state index is 10.6. The van der Waals surface area contributed by atoms with Crippen molar-refractivity contribution in [1.29, 1.82) is 0 Å². The summed E-state index contributed by atoms with van der Waals surface area (Å²) in [5.41, 5.74) is 0.233. The summed E-state index contributed by atoms with van der Waals surface area (Å²) in [6, 6.07) is 0. The number of cyclic esters (lactones) is 1. The molecule has 1 fully saturated rings. The van der Waals surface area contributed by atoms with Crippen molar-refractivity contribution in [2.75, 3.05) is 6.54 Å². The van der Waals surface area contributed by atoms with Gasteiger partial charge in [-0.2, -0.15) is 0 Å². The first kappa shape index (κ1) is 8.37. The molecule has 1 heterocycles. The van der Waals surface area contributed by atoms with Gasteiger partial charge >= 0.3 is 6.09 Å². The Hall–Kier alpha value is -0.730. The molecule has 0 bridgehead atoms. The Morgan fingerprint density at radius 2 is 2.27 bits per heavy atom. The molecule has 1 saturated heterocycles. The van der Waals surface area contributed by atoms with Gasteiger partial charge < -0.3 is 10.1 Å². The first-order valence-corrected chi connectivity index (χ1v) is 3.92. The van der Waals surface area contributed by atoms with E-state index < -0.39 is 0 Å². The van der Waals surface area contributed by atoms with Gasteiger partial charge in [0.1, 0.15) is 6.10 Å². The molecule has 0 radical (unpaired) electrons. The summed E-state index contributed by atoms with van der Waals surface area (Å²) in [5, 5.41) is 2.63. The molecule has 3 heteroatoms. The number of nitrogens with one attached hydrogen (secondary N) is 1. The van der Waals surface area contributed by atoms with E-state index in [9.17, 15) is 4.79 Å². The number of ether oxygens (including phenoxy) is 1. The van der Waals surface area contributed by atoms with Crippen LogP contribution < -0.4 is 5.32 Å². The van der Waals surface area contributed by atoms with Crippen LogP contribution in [-0.4, -0.2) is 18.7 Å². The van der Waals surface area contributed by atoms with Gasteiger partial charge in [0.15, 0.2) is 0 Å². The number of hydrogen-bond acceptors (Lipinski definition) is 2. The van der Waals surface area contributed by atoms with Crippen LogP contribution in [0.25, 0.3) is 0 Å². The minimum Gasteiger partial charge on any atom is -0.444 e. The van der Waals surface area contributed by atoms with Gasteiger partial charge in [0.05, 0.1) is 6.54 Å². The van der Waals surface area contributed by atoms with Gasteiger partial charge in [-0.3, -0.25) is 0 Å².